The third kappa shape index (κ3) is 5.58. The van der Waals surface area contributed by atoms with Crippen LogP contribution in [0.1, 0.15) is 17.2 Å². The summed E-state index contributed by atoms with van der Waals surface area (Å²) in [4.78, 5) is 12.6. The first-order valence-corrected chi connectivity index (χ1v) is 7.67. The van der Waals surface area contributed by atoms with Gasteiger partial charge in [-0.25, -0.2) is 0 Å². The molecule has 25 heavy (non-hydrogen) atoms. The van der Waals surface area contributed by atoms with E-state index in [4.69, 9.17) is 4.74 Å². The van der Waals surface area contributed by atoms with E-state index >= 15 is 0 Å². The van der Waals surface area contributed by atoms with Crippen LogP contribution in [0.5, 0.6) is 0 Å². The van der Waals surface area contributed by atoms with Crippen molar-refractivity contribution >= 4 is 11.6 Å². The van der Waals surface area contributed by atoms with E-state index in [9.17, 15) is 18.0 Å². The molecule has 7 heteroatoms. The summed E-state index contributed by atoms with van der Waals surface area (Å²) < 4.78 is 43.3. The lowest BCUT2D eigenvalue weighted by Gasteiger charge is -2.19. The second-order valence-corrected chi connectivity index (χ2v) is 5.36. The number of amides is 1. The van der Waals surface area contributed by atoms with Gasteiger partial charge >= 0.3 is 6.18 Å². The molecule has 0 aromatic heterocycles. The van der Waals surface area contributed by atoms with Crippen LogP contribution >= 0.6 is 0 Å². The maximum atomic E-state index is 12.8. The highest BCUT2D eigenvalue weighted by Gasteiger charge is 2.30. The molecule has 2 N–H and O–H groups in total. The van der Waals surface area contributed by atoms with Crippen LogP contribution in [0.2, 0.25) is 0 Å². The van der Waals surface area contributed by atoms with Crippen LogP contribution in [-0.4, -0.2) is 26.2 Å². The number of ether oxygens (including phenoxy) is 1. The summed E-state index contributed by atoms with van der Waals surface area (Å²) in [6.45, 7) is 0.826. The molecule has 4 nitrogen and oxygen atoms in total. The Morgan fingerprint density at radius 3 is 2.48 bits per heavy atom. The van der Waals surface area contributed by atoms with E-state index in [2.05, 4.69) is 10.6 Å². The second kappa shape index (κ2) is 8.64. The molecule has 0 saturated carbocycles. The van der Waals surface area contributed by atoms with Crippen molar-refractivity contribution in [2.75, 3.05) is 25.6 Å². The van der Waals surface area contributed by atoms with Crippen molar-refractivity contribution in [2.45, 2.75) is 12.2 Å². The summed E-state index contributed by atoms with van der Waals surface area (Å²) in [6.07, 6.45) is -4.46. The highest BCUT2D eigenvalue weighted by atomic mass is 19.4. The number of hydrogen-bond acceptors (Lipinski definition) is 3. The number of halogens is 3. The van der Waals surface area contributed by atoms with Crippen molar-refractivity contribution in [3.05, 3.63) is 65.7 Å². The molecule has 0 bridgehead atoms. The monoisotopic (exact) mass is 352 g/mol. The van der Waals surface area contributed by atoms with Crippen molar-refractivity contribution < 1.29 is 22.7 Å². The highest BCUT2D eigenvalue weighted by Crippen LogP contribution is 2.30. The van der Waals surface area contributed by atoms with Crippen molar-refractivity contribution in [3.63, 3.8) is 0 Å². The maximum Gasteiger partial charge on any atom is 0.416 e. The van der Waals surface area contributed by atoms with Gasteiger partial charge in [0, 0.05) is 19.3 Å². The molecule has 0 radical (unpaired) electrons. The van der Waals surface area contributed by atoms with Crippen molar-refractivity contribution in [3.8, 4) is 0 Å². The van der Waals surface area contributed by atoms with Gasteiger partial charge in [-0.3, -0.25) is 10.1 Å². The second-order valence-electron chi connectivity index (χ2n) is 5.36. The minimum Gasteiger partial charge on any atom is -0.383 e. The van der Waals surface area contributed by atoms with Gasteiger partial charge in [-0.15, -0.1) is 0 Å². The zero-order valence-electron chi connectivity index (χ0n) is 13.6. The number of alkyl halides is 3. The van der Waals surface area contributed by atoms with Gasteiger partial charge in [0.2, 0.25) is 5.91 Å². The number of carbonyl (C=O) groups excluding carboxylic acids is 1. The van der Waals surface area contributed by atoms with Gasteiger partial charge in [0.25, 0.3) is 0 Å². The average molecular weight is 352 g/mol. The van der Waals surface area contributed by atoms with Crippen LogP contribution in [0.25, 0.3) is 0 Å². The molecule has 134 valence electrons. The van der Waals surface area contributed by atoms with Crippen LogP contribution < -0.4 is 10.6 Å². The molecule has 2 rings (SSSR count). The van der Waals surface area contributed by atoms with Gasteiger partial charge in [-0.2, -0.15) is 13.2 Å². The molecule has 2 aromatic carbocycles. The van der Waals surface area contributed by atoms with Crippen LogP contribution in [0.3, 0.4) is 0 Å². The Morgan fingerprint density at radius 1 is 1.12 bits per heavy atom. The number of carbonyl (C=O) groups is 1. The third-order valence-corrected chi connectivity index (χ3v) is 3.51. The molecular formula is C18H19F3N2O2. The van der Waals surface area contributed by atoms with E-state index in [-0.39, 0.29) is 5.69 Å². The SMILES string of the molecule is COCCN[C@H](C(=O)Nc1cccc(C(F)(F)F)c1)c1ccccc1. The minimum absolute atomic E-state index is 0.0919. The Hall–Kier alpha value is -2.38. The molecule has 0 spiro atoms. The van der Waals surface area contributed by atoms with Crippen LogP contribution in [0, 0.1) is 0 Å². The Balaban J connectivity index is 2.16. The molecule has 1 atom stereocenters. The Bertz CT molecular complexity index is 690. The number of nitrogens with one attached hydrogen (secondary N) is 2. The zero-order valence-corrected chi connectivity index (χ0v) is 13.6. The fourth-order valence-corrected chi connectivity index (χ4v) is 2.30. The lowest BCUT2D eigenvalue weighted by molar-refractivity contribution is -0.137. The number of rotatable bonds is 7. The Labute approximate surface area is 144 Å². The summed E-state index contributed by atoms with van der Waals surface area (Å²) in [7, 11) is 1.54. The maximum absolute atomic E-state index is 12.8. The molecule has 0 saturated heterocycles. The van der Waals surface area contributed by atoms with Gasteiger partial charge in [-0.05, 0) is 23.8 Å². The standard InChI is InChI=1S/C18H19F3N2O2/c1-25-11-10-22-16(13-6-3-2-4-7-13)17(24)23-15-9-5-8-14(12-15)18(19,20)21/h2-9,12,16,22H,10-11H2,1H3,(H,23,24)/t16-/m0/s1. The van der Waals surface area contributed by atoms with Crippen molar-refractivity contribution in [1.82, 2.24) is 5.32 Å². The normalized spacial score (nSPS) is 12.6. The first-order valence-electron chi connectivity index (χ1n) is 7.67. The third-order valence-electron chi connectivity index (χ3n) is 3.51. The lowest BCUT2D eigenvalue weighted by atomic mass is 10.1. The van der Waals surface area contributed by atoms with E-state index < -0.39 is 23.7 Å². The first kappa shape index (κ1) is 19.0. The fraction of sp³-hybridized carbons (Fsp3) is 0.278. The summed E-state index contributed by atoms with van der Waals surface area (Å²) in [5.74, 6) is -0.443. The molecule has 0 aliphatic rings. The summed E-state index contributed by atoms with van der Waals surface area (Å²) >= 11 is 0. The number of hydrogen-bond donors (Lipinski definition) is 2. The Kier molecular flexibility index (Phi) is 6.55. The van der Waals surface area contributed by atoms with Gasteiger partial charge < -0.3 is 10.1 Å². The predicted octanol–water partition coefficient (Wildman–Crippen LogP) is 3.62. The van der Waals surface area contributed by atoms with E-state index in [1.54, 1.807) is 31.4 Å². The van der Waals surface area contributed by atoms with Crippen LogP contribution in [0.15, 0.2) is 54.6 Å². The highest BCUT2D eigenvalue weighted by molar-refractivity contribution is 5.95. The summed E-state index contributed by atoms with van der Waals surface area (Å²) in [5.41, 5.74) is -0.00807. The largest absolute Gasteiger partial charge is 0.416 e. The first-order chi connectivity index (χ1) is 11.9. The zero-order chi connectivity index (χ0) is 18.3. The smallest absolute Gasteiger partial charge is 0.383 e. The Morgan fingerprint density at radius 2 is 1.84 bits per heavy atom. The minimum atomic E-state index is -4.46. The van der Waals surface area contributed by atoms with Gasteiger partial charge in [0.05, 0.1) is 12.2 Å². The molecular weight excluding hydrogens is 333 g/mol. The molecule has 0 aliphatic heterocycles. The van der Waals surface area contributed by atoms with Crippen molar-refractivity contribution in [2.24, 2.45) is 0 Å². The van der Waals surface area contributed by atoms with E-state index in [1.807, 2.05) is 6.07 Å². The number of methoxy groups -OCH3 is 1. The molecule has 0 aliphatic carbocycles. The molecule has 0 fully saturated rings. The van der Waals surface area contributed by atoms with Crippen LogP contribution in [-0.2, 0) is 15.7 Å². The number of anilines is 1. The van der Waals surface area contributed by atoms with E-state index in [0.29, 0.717) is 18.7 Å². The summed E-state index contributed by atoms with van der Waals surface area (Å²) in [6, 6.07) is 12.8. The predicted molar refractivity (Wildman–Crippen MR) is 89.1 cm³/mol. The summed E-state index contributed by atoms with van der Waals surface area (Å²) in [5, 5.41) is 5.58. The molecule has 2 aromatic rings. The van der Waals surface area contributed by atoms with Gasteiger partial charge in [0.1, 0.15) is 6.04 Å². The molecule has 1 amide bonds. The van der Waals surface area contributed by atoms with Gasteiger partial charge in [-0.1, -0.05) is 36.4 Å². The van der Waals surface area contributed by atoms with E-state index in [0.717, 1.165) is 12.1 Å². The van der Waals surface area contributed by atoms with Crippen LogP contribution in [0.4, 0.5) is 18.9 Å². The fourth-order valence-electron chi connectivity index (χ4n) is 2.30. The topological polar surface area (TPSA) is 50.4 Å². The molecule has 0 heterocycles. The van der Waals surface area contributed by atoms with Gasteiger partial charge in [0.15, 0.2) is 0 Å². The average Bonchev–Trinajstić information content (AvgIpc) is 2.59. The number of benzene rings is 2. The molecule has 0 unspecified atom stereocenters. The quantitative estimate of drug-likeness (QED) is 0.749. The van der Waals surface area contributed by atoms with E-state index in [1.165, 1.54) is 12.1 Å². The lowest BCUT2D eigenvalue weighted by Crippen LogP contribution is -2.34. The van der Waals surface area contributed by atoms with Crippen molar-refractivity contribution in [1.29, 1.82) is 0 Å².